The summed E-state index contributed by atoms with van der Waals surface area (Å²) in [5.74, 6) is -1.53. The summed E-state index contributed by atoms with van der Waals surface area (Å²) >= 11 is 0. The van der Waals surface area contributed by atoms with Crippen LogP contribution in [0.2, 0.25) is 0 Å². The number of carbonyl (C=O) groups is 1. The lowest BCUT2D eigenvalue weighted by Gasteiger charge is -2.08. The molecule has 0 bridgehead atoms. The van der Waals surface area contributed by atoms with Crippen molar-refractivity contribution in [3.63, 3.8) is 0 Å². The van der Waals surface area contributed by atoms with E-state index in [4.69, 9.17) is 4.42 Å². The van der Waals surface area contributed by atoms with Gasteiger partial charge in [-0.2, -0.15) is 0 Å². The van der Waals surface area contributed by atoms with Crippen LogP contribution in [0.25, 0.3) is 11.6 Å². The molecule has 2 aromatic heterocycles. The Bertz CT molecular complexity index is 979. The molecule has 0 atom stereocenters. The molecule has 2 heterocycles. The Morgan fingerprint density at radius 1 is 1.32 bits per heavy atom. The fourth-order valence-corrected chi connectivity index (χ4v) is 2.11. The van der Waals surface area contributed by atoms with Crippen molar-refractivity contribution in [1.29, 1.82) is 0 Å². The maximum Gasteiger partial charge on any atom is 0.271 e. The van der Waals surface area contributed by atoms with Crippen LogP contribution >= 0.6 is 0 Å². The molecule has 0 spiro atoms. The molecule has 9 heteroatoms. The van der Waals surface area contributed by atoms with Gasteiger partial charge in [0.2, 0.25) is 11.3 Å². The van der Waals surface area contributed by atoms with Crippen LogP contribution in [-0.2, 0) is 6.54 Å². The molecule has 3 aromatic rings. The summed E-state index contributed by atoms with van der Waals surface area (Å²) in [4.78, 5) is 26.8. The molecule has 0 aliphatic carbocycles. The largest absolute Gasteiger partial charge is 0.503 e. The molecule has 3 rings (SSSR count). The first-order valence-electron chi connectivity index (χ1n) is 7.23. The molecule has 128 valence electrons. The van der Waals surface area contributed by atoms with E-state index in [2.05, 4.69) is 20.5 Å². The zero-order valence-corrected chi connectivity index (χ0v) is 13.0. The Morgan fingerprint density at radius 2 is 2.04 bits per heavy atom. The SMILES string of the molecule is Cc1nnc(-c2cc(=O)c(O)c(C(=O)NCc3ccc(F)cc3)[nH]2)o1. The summed E-state index contributed by atoms with van der Waals surface area (Å²) in [6, 6.07) is 6.60. The number of hydrogen-bond donors (Lipinski definition) is 3. The minimum Gasteiger partial charge on any atom is -0.503 e. The fraction of sp³-hybridized carbons (Fsp3) is 0.125. The van der Waals surface area contributed by atoms with Gasteiger partial charge in [-0.25, -0.2) is 4.39 Å². The monoisotopic (exact) mass is 344 g/mol. The Morgan fingerprint density at radius 3 is 2.68 bits per heavy atom. The fourth-order valence-electron chi connectivity index (χ4n) is 2.11. The van der Waals surface area contributed by atoms with Gasteiger partial charge in [0.1, 0.15) is 11.5 Å². The van der Waals surface area contributed by atoms with Gasteiger partial charge >= 0.3 is 0 Å². The maximum absolute atomic E-state index is 12.9. The van der Waals surface area contributed by atoms with E-state index in [0.29, 0.717) is 5.56 Å². The number of aryl methyl sites for hydroxylation is 1. The molecule has 0 saturated carbocycles. The number of nitrogens with zero attached hydrogens (tertiary/aromatic N) is 2. The van der Waals surface area contributed by atoms with Crippen LogP contribution in [0, 0.1) is 12.7 Å². The van der Waals surface area contributed by atoms with Crippen molar-refractivity contribution < 1.29 is 18.7 Å². The van der Waals surface area contributed by atoms with Crippen molar-refractivity contribution in [1.82, 2.24) is 20.5 Å². The predicted octanol–water partition coefficient (Wildman–Crippen LogP) is 1.51. The quantitative estimate of drug-likeness (QED) is 0.659. The van der Waals surface area contributed by atoms with E-state index in [1.807, 2.05) is 0 Å². The van der Waals surface area contributed by atoms with E-state index >= 15 is 0 Å². The van der Waals surface area contributed by atoms with E-state index in [-0.39, 0.29) is 35.5 Å². The van der Waals surface area contributed by atoms with Crippen molar-refractivity contribution in [2.24, 2.45) is 0 Å². The first-order valence-corrected chi connectivity index (χ1v) is 7.23. The standard InChI is InChI=1S/C16H13FN4O4/c1-8-20-21-16(25-8)11-6-12(22)14(23)13(19-11)15(24)18-7-9-2-4-10(17)5-3-9/h2-6,23H,7H2,1H3,(H,18,24)(H,19,22). The number of benzene rings is 1. The molecular formula is C16H13FN4O4. The van der Waals surface area contributed by atoms with Gasteiger partial charge in [0.25, 0.3) is 11.8 Å². The molecule has 1 aromatic carbocycles. The Labute approximate surface area is 140 Å². The zero-order chi connectivity index (χ0) is 18.0. The molecule has 0 radical (unpaired) electrons. The number of amides is 1. The number of H-pyrrole nitrogens is 1. The number of aromatic nitrogens is 3. The second kappa shape index (κ2) is 6.56. The van der Waals surface area contributed by atoms with E-state index in [9.17, 15) is 19.1 Å². The molecule has 8 nitrogen and oxygen atoms in total. The number of aromatic amines is 1. The summed E-state index contributed by atoms with van der Waals surface area (Å²) in [7, 11) is 0. The highest BCUT2D eigenvalue weighted by atomic mass is 19.1. The van der Waals surface area contributed by atoms with E-state index in [1.54, 1.807) is 6.92 Å². The number of hydrogen-bond acceptors (Lipinski definition) is 6. The highest BCUT2D eigenvalue weighted by Gasteiger charge is 2.18. The van der Waals surface area contributed by atoms with Crippen LogP contribution in [0.3, 0.4) is 0 Å². The minimum atomic E-state index is -0.767. The third kappa shape index (κ3) is 3.55. The highest BCUT2D eigenvalue weighted by molar-refractivity contribution is 5.95. The number of pyridine rings is 1. The second-order valence-electron chi connectivity index (χ2n) is 5.21. The molecule has 0 saturated heterocycles. The maximum atomic E-state index is 12.9. The predicted molar refractivity (Wildman–Crippen MR) is 84.3 cm³/mol. The molecule has 0 aliphatic heterocycles. The molecule has 0 fully saturated rings. The van der Waals surface area contributed by atoms with Gasteiger partial charge in [-0.05, 0) is 17.7 Å². The first kappa shape index (κ1) is 16.4. The van der Waals surface area contributed by atoms with Crippen molar-refractivity contribution >= 4 is 5.91 Å². The van der Waals surface area contributed by atoms with Crippen LogP contribution in [0.4, 0.5) is 4.39 Å². The van der Waals surface area contributed by atoms with Crippen LogP contribution in [0.5, 0.6) is 5.75 Å². The molecule has 0 aliphatic rings. The summed E-state index contributed by atoms with van der Waals surface area (Å²) < 4.78 is 18.1. The molecule has 0 unspecified atom stereocenters. The number of rotatable bonds is 4. The van der Waals surface area contributed by atoms with Gasteiger partial charge in [-0.15, -0.1) is 10.2 Å². The van der Waals surface area contributed by atoms with Gasteiger partial charge in [-0.3, -0.25) is 9.59 Å². The van der Waals surface area contributed by atoms with Gasteiger partial charge in [0.05, 0.1) is 0 Å². The lowest BCUT2D eigenvalue weighted by molar-refractivity contribution is 0.0943. The van der Waals surface area contributed by atoms with E-state index in [0.717, 1.165) is 6.07 Å². The summed E-state index contributed by atoms with van der Waals surface area (Å²) in [6.07, 6.45) is 0. The third-order valence-corrected chi connectivity index (χ3v) is 3.36. The smallest absolute Gasteiger partial charge is 0.271 e. The summed E-state index contributed by atoms with van der Waals surface area (Å²) in [5.41, 5.74) is -0.340. The lowest BCUT2D eigenvalue weighted by Crippen LogP contribution is -2.25. The zero-order valence-electron chi connectivity index (χ0n) is 13.0. The Kier molecular flexibility index (Phi) is 4.29. The van der Waals surface area contributed by atoms with Gasteiger partial charge in [0.15, 0.2) is 11.4 Å². The Hall–Kier alpha value is -3.49. The molecule has 25 heavy (non-hydrogen) atoms. The number of aromatic hydroxyl groups is 1. The van der Waals surface area contributed by atoms with Gasteiger partial charge < -0.3 is 19.8 Å². The van der Waals surface area contributed by atoms with Gasteiger partial charge in [0, 0.05) is 19.5 Å². The number of nitrogens with one attached hydrogen (secondary N) is 2. The third-order valence-electron chi connectivity index (χ3n) is 3.36. The van der Waals surface area contributed by atoms with Crippen LogP contribution in [0.15, 0.2) is 39.5 Å². The highest BCUT2D eigenvalue weighted by Crippen LogP contribution is 2.18. The minimum absolute atomic E-state index is 0.0159. The Balaban J connectivity index is 1.85. The van der Waals surface area contributed by atoms with Gasteiger partial charge in [-0.1, -0.05) is 12.1 Å². The van der Waals surface area contributed by atoms with Crippen molar-refractivity contribution in [2.45, 2.75) is 13.5 Å². The molecule has 3 N–H and O–H groups in total. The topological polar surface area (TPSA) is 121 Å². The normalized spacial score (nSPS) is 10.6. The summed E-state index contributed by atoms with van der Waals surface area (Å²) in [5, 5.41) is 19.8. The van der Waals surface area contributed by atoms with E-state index < -0.39 is 17.1 Å². The molecule has 1 amide bonds. The first-order chi connectivity index (χ1) is 11.9. The number of carbonyl (C=O) groups excluding carboxylic acids is 1. The average molecular weight is 344 g/mol. The second-order valence-corrected chi connectivity index (χ2v) is 5.21. The van der Waals surface area contributed by atoms with Crippen molar-refractivity contribution in [2.75, 3.05) is 0 Å². The van der Waals surface area contributed by atoms with Crippen molar-refractivity contribution in [3.8, 4) is 17.3 Å². The van der Waals surface area contributed by atoms with E-state index in [1.165, 1.54) is 24.3 Å². The lowest BCUT2D eigenvalue weighted by atomic mass is 10.2. The van der Waals surface area contributed by atoms with Crippen LogP contribution in [-0.4, -0.2) is 26.2 Å². The summed E-state index contributed by atoms with van der Waals surface area (Å²) in [6.45, 7) is 1.66. The van der Waals surface area contributed by atoms with Crippen LogP contribution in [0.1, 0.15) is 21.9 Å². The average Bonchev–Trinajstić information content (AvgIpc) is 3.03. The molecular weight excluding hydrogens is 331 g/mol. The number of halogens is 1. The van der Waals surface area contributed by atoms with Crippen molar-refractivity contribution in [3.05, 3.63) is 63.5 Å². The van der Waals surface area contributed by atoms with Crippen LogP contribution < -0.4 is 10.7 Å².